The van der Waals surface area contributed by atoms with Crippen LogP contribution in [0.3, 0.4) is 0 Å². The molecule has 1 saturated carbocycles. The van der Waals surface area contributed by atoms with Crippen molar-refractivity contribution >= 4 is 29.2 Å². The number of hydrogen-bond acceptors (Lipinski definition) is 3. The van der Waals surface area contributed by atoms with Gasteiger partial charge in [-0.3, -0.25) is 9.78 Å². The summed E-state index contributed by atoms with van der Waals surface area (Å²) in [6.45, 7) is 3.60. The van der Waals surface area contributed by atoms with E-state index in [0.717, 1.165) is 48.1 Å². The van der Waals surface area contributed by atoms with E-state index in [1.165, 1.54) is 0 Å². The van der Waals surface area contributed by atoms with Gasteiger partial charge in [0.25, 0.3) is 5.91 Å². The molecule has 1 aromatic carbocycles. The minimum absolute atomic E-state index is 0. The fraction of sp³-hybridized carbons (Fsp3) is 0.444. The van der Waals surface area contributed by atoms with Crippen molar-refractivity contribution in [3.8, 4) is 0 Å². The summed E-state index contributed by atoms with van der Waals surface area (Å²) >= 11 is 0. The van der Waals surface area contributed by atoms with E-state index in [-0.39, 0.29) is 24.4 Å². The number of aryl methyl sites for hydroxylation is 1. The van der Waals surface area contributed by atoms with Crippen LogP contribution in [-0.2, 0) is 0 Å². The number of likely N-dealkylation sites (tertiary alicyclic amines) is 1. The second kappa shape index (κ2) is 6.10. The summed E-state index contributed by atoms with van der Waals surface area (Å²) in [6.07, 6.45) is 2.26. The van der Waals surface area contributed by atoms with Crippen molar-refractivity contribution in [2.24, 2.45) is 17.6 Å². The predicted molar refractivity (Wildman–Crippen MR) is 93.8 cm³/mol. The first-order valence-electron chi connectivity index (χ1n) is 8.05. The molecule has 122 valence electrons. The molecule has 2 heterocycles. The van der Waals surface area contributed by atoms with Gasteiger partial charge in [-0.2, -0.15) is 0 Å². The number of carbonyl (C=O) groups excluding carboxylic acids is 1. The van der Waals surface area contributed by atoms with Gasteiger partial charge in [-0.05, 0) is 43.7 Å². The molecule has 3 unspecified atom stereocenters. The Kier molecular flexibility index (Phi) is 4.30. The zero-order valence-corrected chi connectivity index (χ0v) is 14.1. The van der Waals surface area contributed by atoms with E-state index in [9.17, 15) is 4.79 Å². The number of nitrogens with two attached hydrogens (primary N) is 1. The third-order valence-corrected chi connectivity index (χ3v) is 5.29. The number of fused-ring (bicyclic) bond motifs is 2. The Hall–Kier alpha value is -1.65. The second-order valence-electron chi connectivity index (χ2n) is 6.71. The molecule has 0 bridgehead atoms. The van der Waals surface area contributed by atoms with Gasteiger partial charge < -0.3 is 10.6 Å². The van der Waals surface area contributed by atoms with Crippen molar-refractivity contribution in [2.45, 2.75) is 25.8 Å². The van der Waals surface area contributed by atoms with Gasteiger partial charge in [0.1, 0.15) is 0 Å². The highest BCUT2D eigenvalue weighted by Crippen LogP contribution is 2.37. The maximum Gasteiger partial charge on any atom is 0.256 e. The van der Waals surface area contributed by atoms with Gasteiger partial charge in [0.15, 0.2) is 0 Å². The molecule has 1 aliphatic carbocycles. The third-order valence-electron chi connectivity index (χ3n) is 5.29. The van der Waals surface area contributed by atoms with E-state index < -0.39 is 0 Å². The fourth-order valence-electron chi connectivity index (χ4n) is 4.06. The standard InChI is InChI=1S/C18H21N3O.ClH/c1-11-5-6-12-3-2-4-14(17(12)20-11)18(22)21-9-13-7-8-16(19)15(13)10-21;/h2-6,13,15-16H,7-10,19H2,1H3;1H. The van der Waals surface area contributed by atoms with Gasteiger partial charge in [0.05, 0.1) is 11.1 Å². The molecule has 5 heteroatoms. The number of benzene rings is 1. The lowest BCUT2D eigenvalue weighted by molar-refractivity contribution is 0.0781. The van der Waals surface area contributed by atoms with E-state index in [4.69, 9.17) is 5.73 Å². The Balaban J connectivity index is 0.00000156. The largest absolute Gasteiger partial charge is 0.338 e. The van der Waals surface area contributed by atoms with Crippen molar-refractivity contribution in [3.05, 3.63) is 41.6 Å². The highest BCUT2D eigenvalue weighted by molar-refractivity contribution is 6.05. The van der Waals surface area contributed by atoms with Crippen molar-refractivity contribution in [3.63, 3.8) is 0 Å². The quantitative estimate of drug-likeness (QED) is 0.874. The number of aromatic nitrogens is 1. The molecule has 2 aliphatic rings. The minimum Gasteiger partial charge on any atom is -0.338 e. The van der Waals surface area contributed by atoms with E-state index in [2.05, 4.69) is 4.98 Å². The Labute approximate surface area is 142 Å². The SMILES string of the molecule is Cc1ccc2cccc(C(=O)N3CC4CCC(N)C4C3)c2n1.Cl. The smallest absolute Gasteiger partial charge is 0.256 e. The van der Waals surface area contributed by atoms with Crippen LogP contribution in [0.15, 0.2) is 30.3 Å². The number of nitrogens with zero attached hydrogens (tertiary/aromatic N) is 2. The third kappa shape index (κ3) is 2.70. The highest BCUT2D eigenvalue weighted by Gasteiger charge is 2.42. The molecule has 0 radical (unpaired) electrons. The number of amides is 1. The first kappa shape index (κ1) is 16.2. The number of rotatable bonds is 1. The summed E-state index contributed by atoms with van der Waals surface area (Å²) in [5.41, 5.74) is 8.65. The number of hydrogen-bond donors (Lipinski definition) is 1. The number of carbonyl (C=O) groups is 1. The maximum absolute atomic E-state index is 13.0. The van der Waals surface area contributed by atoms with Gasteiger partial charge in [-0.25, -0.2) is 0 Å². The number of para-hydroxylation sites is 1. The lowest BCUT2D eigenvalue weighted by Crippen LogP contribution is -2.33. The van der Waals surface area contributed by atoms with Gasteiger partial charge in [-0.1, -0.05) is 18.2 Å². The van der Waals surface area contributed by atoms with Crippen LogP contribution in [0, 0.1) is 18.8 Å². The van der Waals surface area contributed by atoms with Gasteiger partial charge >= 0.3 is 0 Å². The molecule has 1 aromatic heterocycles. The first-order chi connectivity index (χ1) is 10.6. The first-order valence-corrected chi connectivity index (χ1v) is 8.05. The molecule has 3 atom stereocenters. The van der Waals surface area contributed by atoms with E-state index in [1.54, 1.807) is 0 Å². The molecule has 2 N–H and O–H groups in total. The van der Waals surface area contributed by atoms with Crippen molar-refractivity contribution in [1.29, 1.82) is 0 Å². The van der Waals surface area contributed by atoms with Gasteiger partial charge in [0, 0.05) is 30.2 Å². The van der Waals surface area contributed by atoms with Crippen LogP contribution in [0.5, 0.6) is 0 Å². The summed E-state index contributed by atoms with van der Waals surface area (Å²) < 4.78 is 0. The van der Waals surface area contributed by atoms with E-state index >= 15 is 0 Å². The molecule has 4 nitrogen and oxygen atoms in total. The van der Waals surface area contributed by atoms with Crippen molar-refractivity contribution in [2.75, 3.05) is 13.1 Å². The van der Waals surface area contributed by atoms with Crippen LogP contribution >= 0.6 is 12.4 Å². The molecule has 2 aromatic rings. The van der Waals surface area contributed by atoms with Gasteiger partial charge in [-0.15, -0.1) is 12.4 Å². The number of halogens is 1. The lowest BCUT2D eigenvalue weighted by atomic mass is 9.98. The zero-order valence-electron chi connectivity index (χ0n) is 13.2. The summed E-state index contributed by atoms with van der Waals surface area (Å²) in [6, 6.07) is 10.1. The van der Waals surface area contributed by atoms with Crippen LogP contribution in [0.2, 0.25) is 0 Å². The van der Waals surface area contributed by atoms with Crippen LogP contribution in [0.1, 0.15) is 28.9 Å². The molecular weight excluding hydrogens is 310 g/mol. The maximum atomic E-state index is 13.0. The Bertz CT molecular complexity index is 748. The van der Waals surface area contributed by atoms with Gasteiger partial charge in [0.2, 0.25) is 0 Å². The molecule has 1 saturated heterocycles. The summed E-state index contributed by atoms with van der Waals surface area (Å²) in [5, 5.41) is 1.02. The Morgan fingerprint density at radius 3 is 2.83 bits per heavy atom. The van der Waals surface area contributed by atoms with Crippen molar-refractivity contribution in [1.82, 2.24) is 9.88 Å². The summed E-state index contributed by atoms with van der Waals surface area (Å²) in [4.78, 5) is 19.5. The zero-order chi connectivity index (χ0) is 15.3. The molecule has 1 amide bonds. The van der Waals surface area contributed by atoms with Crippen LogP contribution in [0.4, 0.5) is 0 Å². The van der Waals surface area contributed by atoms with E-state index in [1.807, 2.05) is 42.2 Å². The van der Waals surface area contributed by atoms with Crippen LogP contribution in [-0.4, -0.2) is 34.9 Å². The molecule has 1 aliphatic heterocycles. The Morgan fingerprint density at radius 1 is 1.22 bits per heavy atom. The summed E-state index contributed by atoms with van der Waals surface area (Å²) in [5.74, 6) is 1.17. The highest BCUT2D eigenvalue weighted by atomic mass is 35.5. The topological polar surface area (TPSA) is 59.2 Å². The van der Waals surface area contributed by atoms with Crippen LogP contribution < -0.4 is 5.73 Å². The molecule has 4 rings (SSSR count). The normalized spacial score (nSPS) is 26.2. The average molecular weight is 332 g/mol. The Morgan fingerprint density at radius 2 is 2.04 bits per heavy atom. The average Bonchev–Trinajstić information content (AvgIpc) is 3.08. The monoisotopic (exact) mass is 331 g/mol. The lowest BCUT2D eigenvalue weighted by Gasteiger charge is -2.19. The van der Waals surface area contributed by atoms with E-state index in [0.29, 0.717) is 11.8 Å². The second-order valence-corrected chi connectivity index (χ2v) is 6.71. The molecule has 2 fully saturated rings. The summed E-state index contributed by atoms with van der Waals surface area (Å²) in [7, 11) is 0. The fourth-order valence-corrected chi connectivity index (χ4v) is 4.06. The van der Waals surface area contributed by atoms with Crippen LogP contribution in [0.25, 0.3) is 10.9 Å². The minimum atomic E-state index is 0. The molecule has 0 spiro atoms. The molecular formula is C18H22ClN3O. The van der Waals surface area contributed by atoms with Crippen molar-refractivity contribution < 1.29 is 4.79 Å². The predicted octanol–water partition coefficient (Wildman–Crippen LogP) is 2.77. The number of pyridine rings is 1. The molecule has 23 heavy (non-hydrogen) atoms.